The highest BCUT2D eigenvalue weighted by molar-refractivity contribution is 6.03. The smallest absolute Gasteiger partial charge is 0.173 e. The molecule has 0 radical (unpaired) electrons. The van der Waals surface area contributed by atoms with Crippen LogP contribution >= 0.6 is 0 Å². The lowest BCUT2D eigenvalue weighted by atomic mass is 9.71. The summed E-state index contributed by atoms with van der Waals surface area (Å²) in [7, 11) is 1.60. The van der Waals surface area contributed by atoms with Crippen molar-refractivity contribution in [3.63, 3.8) is 0 Å². The molecule has 1 unspecified atom stereocenters. The van der Waals surface area contributed by atoms with Crippen molar-refractivity contribution in [1.29, 1.82) is 0 Å². The molecule has 0 saturated heterocycles. The average molecular weight is 358 g/mol. The summed E-state index contributed by atoms with van der Waals surface area (Å²) in [6.07, 6.45) is 6.01. The highest BCUT2D eigenvalue weighted by Crippen LogP contribution is 2.57. The van der Waals surface area contributed by atoms with Crippen LogP contribution in [0.2, 0.25) is 0 Å². The molecule has 26 heavy (non-hydrogen) atoms. The maximum absolute atomic E-state index is 12.9. The first-order valence-electron chi connectivity index (χ1n) is 9.59. The van der Waals surface area contributed by atoms with Crippen molar-refractivity contribution in [2.24, 2.45) is 17.8 Å². The highest BCUT2D eigenvalue weighted by Gasteiger charge is 2.50. The van der Waals surface area contributed by atoms with Crippen LogP contribution in [0.25, 0.3) is 0 Å². The molecule has 0 amide bonds. The number of methoxy groups -OCH3 is 1. The van der Waals surface area contributed by atoms with E-state index in [-0.39, 0.29) is 23.4 Å². The van der Waals surface area contributed by atoms with Gasteiger partial charge in [-0.3, -0.25) is 4.79 Å². The Balaban J connectivity index is 2.18. The van der Waals surface area contributed by atoms with Gasteiger partial charge in [0, 0.05) is 23.5 Å². The normalized spacial score (nSPS) is 27.7. The first kappa shape index (κ1) is 18.8. The van der Waals surface area contributed by atoms with Crippen LogP contribution in [0.3, 0.4) is 0 Å². The van der Waals surface area contributed by atoms with E-state index in [0.29, 0.717) is 28.9 Å². The second-order valence-corrected chi connectivity index (χ2v) is 8.23. The molecule has 0 aromatic heterocycles. The number of aromatic hydroxyl groups is 1. The summed E-state index contributed by atoms with van der Waals surface area (Å²) in [5.74, 6) is 1.90. The highest BCUT2D eigenvalue weighted by atomic mass is 16.5. The zero-order valence-corrected chi connectivity index (χ0v) is 16.6. The van der Waals surface area contributed by atoms with Crippen molar-refractivity contribution in [2.75, 3.05) is 7.11 Å². The van der Waals surface area contributed by atoms with E-state index >= 15 is 0 Å². The van der Waals surface area contributed by atoms with Crippen molar-refractivity contribution in [2.45, 2.75) is 59.0 Å². The molecule has 3 rings (SSSR count). The molecule has 1 aromatic carbocycles. The van der Waals surface area contributed by atoms with Gasteiger partial charge in [-0.25, -0.2) is 0 Å². The summed E-state index contributed by atoms with van der Waals surface area (Å²) in [4.78, 5) is 12.9. The van der Waals surface area contributed by atoms with E-state index < -0.39 is 5.60 Å². The minimum atomic E-state index is -0.515. The molecule has 1 aromatic rings. The van der Waals surface area contributed by atoms with Crippen LogP contribution in [-0.2, 0) is 0 Å². The first-order chi connectivity index (χ1) is 12.2. The first-order valence-corrected chi connectivity index (χ1v) is 9.59. The van der Waals surface area contributed by atoms with E-state index in [1.807, 2.05) is 13.8 Å². The van der Waals surface area contributed by atoms with Crippen LogP contribution in [-0.4, -0.2) is 23.6 Å². The number of ketones is 1. The van der Waals surface area contributed by atoms with E-state index in [2.05, 4.69) is 32.9 Å². The third-order valence-corrected chi connectivity index (χ3v) is 6.19. The van der Waals surface area contributed by atoms with Gasteiger partial charge in [-0.2, -0.15) is 0 Å². The Labute approximate surface area is 156 Å². The zero-order valence-electron chi connectivity index (χ0n) is 16.6. The maximum atomic E-state index is 12.9. The van der Waals surface area contributed by atoms with Crippen LogP contribution in [0.1, 0.15) is 69.3 Å². The maximum Gasteiger partial charge on any atom is 0.173 e. The fourth-order valence-electron chi connectivity index (χ4n) is 4.15. The predicted octanol–water partition coefficient (Wildman–Crippen LogP) is 5.10. The van der Waals surface area contributed by atoms with E-state index in [1.54, 1.807) is 13.2 Å². The van der Waals surface area contributed by atoms with Crippen LogP contribution in [0.4, 0.5) is 0 Å². The minimum absolute atomic E-state index is 0.0578. The molecule has 0 fully saturated rings. The summed E-state index contributed by atoms with van der Waals surface area (Å²) in [5.41, 5.74) is 0.717. The van der Waals surface area contributed by atoms with Gasteiger partial charge in [0.25, 0.3) is 0 Å². The zero-order chi connectivity index (χ0) is 19.2. The van der Waals surface area contributed by atoms with Crippen molar-refractivity contribution in [1.82, 2.24) is 0 Å². The number of phenols is 1. The molecule has 1 aliphatic heterocycles. The van der Waals surface area contributed by atoms with Gasteiger partial charge in [0.2, 0.25) is 0 Å². The largest absolute Gasteiger partial charge is 0.507 e. The molecular formula is C22H30O4. The number of rotatable bonds is 5. The fourth-order valence-corrected chi connectivity index (χ4v) is 4.15. The SMILES string of the molecule is CCC(C)C(=O)c1c(O)cc(OC)c2c1O[C@@]1(C)C=C[C@H](C(C)C)C[C@@H]21. The third kappa shape index (κ3) is 2.80. The number of Topliss-reactive ketones (excluding diaryl/α,β-unsaturated/α-hetero) is 1. The molecule has 0 spiro atoms. The molecule has 0 bridgehead atoms. The predicted molar refractivity (Wildman–Crippen MR) is 102 cm³/mol. The van der Waals surface area contributed by atoms with Crippen molar-refractivity contribution < 1.29 is 19.4 Å². The van der Waals surface area contributed by atoms with Gasteiger partial charge in [0.15, 0.2) is 5.78 Å². The molecule has 2 aliphatic rings. The number of benzene rings is 1. The standard InChI is InChI=1S/C22H30O4/c1-7-13(4)20(24)19-16(23)11-17(25-6)18-15-10-14(12(2)3)8-9-22(15,5)26-21(18)19/h8-9,11-15,23H,7,10H2,1-6H3/t13?,14-,15-,22-/m0/s1. The molecule has 0 saturated carbocycles. The van der Waals surface area contributed by atoms with Crippen molar-refractivity contribution in [3.05, 3.63) is 29.3 Å². The van der Waals surface area contributed by atoms with Gasteiger partial charge in [0.1, 0.15) is 28.4 Å². The number of hydrogen-bond donors (Lipinski definition) is 1. The Morgan fingerprint density at radius 3 is 2.69 bits per heavy atom. The lowest BCUT2D eigenvalue weighted by Crippen LogP contribution is -2.36. The molecule has 1 N–H and O–H groups in total. The van der Waals surface area contributed by atoms with E-state index in [1.165, 1.54) is 0 Å². The number of ether oxygens (including phenoxy) is 2. The molecule has 142 valence electrons. The number of carbonyl (C=O) groups is 1. The van der Waals surface area contributed by atoms with Crippen LogP contribution in [0.5, 0.6) is 17.2 Å². The van der Waals surface area contributed by atoms with Gasteiger partial charge in [-0.15, -0.1) is 0 Å². The Kier molecular flexibility index (Phi) is 4.80. The monoisotopic (exact) mass is 358 g/mol. The molecule has 4 heteroatoms. The van der Waals surface area contributed by atoms with Gasteiger partial charge < -0.3 is 14.6 Å². The summed E-state index contributed by atoms with van der Waals surface area (Å²) < 4.78 is 11.9. The van der Waals surface area contributed by atoms with Gasteiger partial charge in [-0.1, -0.05) is 33.8 Å². The van der Waals surface area contributed by atoms with Gasteiger partial charge in [0.05, 0.1) is 7.11 Å². The second-order valence-electron chi connectivity index (χ2n) is 8.23. The minimum Gasteiger partial charge on any atom is -0.507 e. The molecule has 4 atom stereocenters. The van der Waals surface area contributed by atoms with Crippen LogP contribution in [0, 0.1) is 17.8 Å². The Morgan fingerprint density at radius 2 is 2.12 bits per heavy atom. The fraction of sp³-hybridized carbons (Fsp3) is 0.591. The summed E-state index contributed by atoms with van der Waals surface area (Å²) >= 11 is 0. The molecular weight excluding hydrogens is 328 g/mol. The number of phenolic OH excluding ortho intramolecular Hbond substituents is 1. The lowest BCUT2D eigenvalue weighted by Gasteiger charge is -2.35. The number of allylic oxidation sites excluding steroid dienone is 1. The molecule has 1 aliphatic carbocycles. The average Bonchev–Trinajstić information content (AvgIpc) is 2.91. The van der Waals surface area contributed by atoms with Crippen LogP contribution < -0.4 is 9.47 Å². The summed E-state index contributed by atoms with van der Waals surface area (Å²) in [6, 6.07) is 1.58. The van der Waals surface area contributed by atoms with Crippen molar-refractivity contribution >= 4 is 5.78 Å². The van der Waals surface area contributed by atoms with Gasteiger partial charge in [-0.05, 0) is 37.7 Å². The number of carbonyl (C=O) groups excluding carboxylic acids is 1. The number of hydrogen-bond acceptors (Lipinski definition) is 4. The molecule has 4 nitrogen and oxygen atoms in total. The second kappa shape index (κ2) is 6.64. The Morgan fingerprint density at radius 1 is 1.42 bits per heavy atom. The quantitative estimate of drug-likeness (QED) is 0.588. The van der Waals surface area contributed by atoms with E-state index in [0.717, 1.165) is 18.4 Å². The summed E-state index contributed by atoms with van der Waals surface area (Å²) in [6.45, 7) is 10.4. The van der Waals surface area contributed by atoms with E-state index in [4.69, 9.17) is 9.47 Å². The van der Waals surface area contributed by atoms with Gasteiger partial charge >= 0.3 is 0 Å². The Bertz CT molecular complexity index is 749. The van der Waals surface area contributed by atoms with E-state index in [9.17, 15) is 9.90 Å². The Hall–Kier alpha value is -1.97. The van der Waals surface area contributed by atoms with Crippen LogP contribution in [0.15, 0.2) is 18.2 Å². The lowest BCUT2D eigenvalue weighted by molar-refractivity contribution is 0.0905. The summed E-state index contributed by atoms with van der Waals surface area (Å²) in [5, 5.41) is 10.6. The van der Waals surface area contributed by atoms with Crippen molar-refractivity contribution in [3.8, 4) is 17.2 Å². The molecule has 1 heterocycles. The topological polar surface area (TPSA) is 55.8 Å². The number of fused-ring (bicyclic) bond motifs is 3. The third-order valence-electron chi connectivity index (χ3n) is 6.19.